The fraction of sp³-hybridized carbons (Fsp3) is 0.417. The fourth-order valence-electron chi connectivity index (χ4n) is 4.99. The van der Waals surface area contributed by atoms with E-state index in [1.165, 1.54) is 12.3 Å². The Hall–Kier alpha value is -3.18. The molecule has 0 bridgehead atoms. The Labute approximate surface area is 205 Å². The van der Waals surface area contributed by atoms with E-state index >= 15 is 0 Å². The van der Waals surface area contributed by atoms with E-state index in [2.05, 4.69) is 44.4 Å². The lowest BCUT2D eigenvalue weighted by Gasteiger charge is -2.38. The van der Waals surface area contributed by atoms with Gasteiger partial charge in [-0.3, -0.25) is 13.7 Å². The number of amides is 1. The van der Waals surface area contributed by atoms with Crippen LogP contribution in [0.5, 0.6) is 0 Å². The number of piperazine rings is 1. The first-order chi connectivity index (χ1) is 16.7. The molecule has 1 amide bonds. The first-order valence-electron chi connectivity index (χ1n) is 11.5. The third-order valence-electron chi connectivity index (χ3n) is 6.34. The average Bonchev–Trinajstić information content (AvgIpc) is 3.18. The van der Waals surface area contributed by atoms with Gasteiger partial charge in [-0.15, -0.1) is 0 Å². The van der Waals surface area contributed by atoms with Crippen molar-refractivity contribution in [3.8, 4) is 0 Å². The van der Waals surface area contributed by atoms with E-state index in [1.807, 2.05) is 6.07 Å². The van der Waals surface area contributed by atoms with Gasteiger partial charge in [0.05, 0.1) is 27.9 Å². The summed E-state index contributed by atoms with van der Waals surface area (Å²) < 4.78 is 28.3. The molecule has 2 aliphatic rings. The summed E-state index contributed by atoms with van der Waals surface area (Å²) in [6.07, 6.45) is 6.73. The van der Waals surface area contributed by atoms with Crippen LogP contribution in [0, 0.1) is 0 Å². The molecule has 1 aromatic carbocycles. The van der Waals surface area contributed by atoms with Crippen molar-refractivity contribution in [3.63, 3.8) is 0 Å². The van der Waals surface area contributed by atoms with Gasteiger partial charge in [-0.1, -0.05) is 0 Å². The van der Waals surface area contributed by atoms with Crippen LogP contribution in [0.1, 0.15) is 35.5 Å². The number of nitrogens with one attached hydrogen (secondary N) is 2. The van der Waals surface area contributed by atoms with Crippen LogP contribution in [0.4, 0.5) is 10.1 Å². The molecule has 184 valence electrons. The van der Waals surface area contributed by atoms with Gasteiger partial charge >= 0.3 is 0 Å². The van der Waals surface area contributed by atoms with Gasteiger partial charge in [0, 0.05) is 73.9 Å². The number of halogens is 1. The Balaban J connectivity index is 1.51. The molecule has 1 aliphatic carbocycles. The lowest BCUT2D eigenvalue weighted by molar-refractivity contribution is 0.0945. The number of benzene rings is 1. The molecular formula is C24H28FN7O2S. The van der Waals surface area contributed by atoms with Gasteiger partial charge in [0.2, 0.25) is 5.16 Å². The van der Waals surface area contributed by atoms with E-state index in [1.54, 1.807) is 30.2 Å². The Morgan fingerprint density at radius 1 is 1.26 bits per heavy atom. The molecule has 1 fully saturated rings. The highest BCUT2D eigenvalue weighted by atomic mass is 32.2. The number of rotatable bonds is 4. The SMILES string of the molecule is C[C@@H]1CN(c2ccc(C(=O)NC3C=C(F)c4nn(C)cc4C3)c3nc(S(C)=O)ncc23)C[C@H](C)N1. The van der Waals surface area contributed by atoms with Crippen molar-refractivity contribution in [1.29, 1.82) is 0 Å². The van der Waals surface area contributed by atoms with Gasteiger partial charge in [-0.2, -0.15) is 5.10 Å². The molecule has 2 N–H and O–H groups in total. The van der Waals surface area contributed by atoms with Crippen molar-refractivity contribution < 1.29 is 13.4 Å². The topological polar surface area (TPSA) is 105 Å². The number of hydrogen-bond donors (Lipinski definition) is 2. The average molecular weight is 498 g/mol. The minimum absolute atomic E-state index is 0.161. The monoisotopic (exact) mass is 497 g/mol. The molecule has 2 unspecified atom stereocenters. The highest BCUT2D eigenvalue weighted by molar-refractivity contribution is 7.84. The van der Waals surface area contributed by atoms with Gasteiger partial charge in [0.25, 0.3) is 5.91 Å². The maximum atomic E-state index is 14.6. The predicted molar refractivity (Wildman–Crippen MR) is 133 cm³/mol. The second-order valence-electron chi connectivity index (χ2n) is 9.35. The first-order valence-corrected chi connectivity index (χ1v) is 13.1. The third kappa shape index (κ3) is 4.57. The minimum Gasteiger partial charge on any atom is -0.368 e. The van der Waals surface area contributed by atoms with Gasteiger partial charge in [-0.05, 0) is 32.1 Å². The van der Waals surface area contributed by atoms with Gasteiger partial charge < -0.3 is 15.5 Å². The zero-order valence-electron chi connectivity index (χ0n) is 20.1. The highest BCUT2D eigenvalue weighted by Crippen LogP contribution is 2.31. The van der Waals surface area contributed by atoms with Crippen LogP contribution in [0.15, 0.2) is 35.8 Å². The minimum atomic E-state index is -1.41. The molecule has 9 nitrogen and oxygen atoms in total. The molecule has 3 aromatic rings. The summed E-state index contributed by atoms with van der Waals surface area (Å²) in [6.45, 7) is 5.86. The number of aryl methyl sites for hydroxylation is 1. The Bertz CT molecular complexity index is 1360. The maximum Gasteiger partial charge on any atom is 0.253 e. The van der Waals surface area contributed by atoms with Crippen LogP contribution in [-0.2, 0) is 24.3 Å². The van der Waals surface area contributed by atoms with Crippen LogP contribution < -0.4 is 15.5 Å². The smallest absolute Gasteiger partial charge is 0.253 e. The normalized spacial score (nSPS) is 23.1. The molecule has 1 saturated heterocycles. The van der Waals surface area contributed by atoms with Gasteiger partial charge in [0.15, 0.2) is 0 Å². The molecule has 35 heavy (non-hydrogen) atoms. The van der Waals surface area contributed by atoms with Crippen molar-refractivity contribution in [1.82, 2.24) is 30.4 Å². The number of carbonyl (C=O) groups is 1. The zero-order chi connectivity index (χ0) is 24.9. The number of fused-ring (bicyclic) bond motifs is 2. The molecule has 1 aliphatic heterocycles. The summed E-state index contributed by atoms with van der Waals surface area (Å²) >= 11 is 0. The largest absolute Gasteiger partial charge is 0.368 e. The molecular weight excluding hydrogens is 469 g/mol. The van der Waals surface area contributed by atoms with E-state index < -0.39 is 22.7 Å². The van der Waals surface area contributed by atoms with E-state index in [0.29, 0.717) is 40.7 Å². The molecule has 4 atom stereocenters. The quantitative estimate of drug-likeness (QED) is 0.531. The summed E-state index contributed by atoms with van der Waals surface area (Å²) in [5.74, 6) is -0.832. The van der Waals surface area contributed by atoms with E-state index in [9.17, 15) is 13.4 Å². The lowest BCUT2D eigenvalue weighted by atomic mass is 9.98. The van der Waals surface area contributed by atoms with Crippen LogP contribution in [0.25, 0.3) is 16.7 Å². The maximum absolute atomic E-state index is 14.6. The second-order valence-corrected chi connectivity index (χ2v) is 10.6. The Morgan fingerprint density at radius 2 is 2.00 bits per heavy atom. The predicted octanol–water partition coefficient (Wildman–Crippen LogP) is 1.95. The van der Waals surface area contributed by atoms with Crippen molar-refractivity contribution in [2.45, 2.75) is 43.6 Å². The van der Waals surface area contributed by atoms with Crippen LogP contribution in [0.3, 0.4) is 0 Å². The fourth-order valence-corrected chi connectivity index (χ4v) is 5.41. The highest BCUT2D eigenvalue weighted by Gasteiger charge is 2.27. The van der Waals surface area contributed by atoms with Crippen molar-refractivity contribution >= 4 is 39.1 Å². The number of aromatic nitrogens is 4. The van der Waals surface area contributed by atoms with Crippen LogP contribution in [0.2, 0.25) is 0 Å². The summed E-state index contributed by atoms with van der Waals surface area (Å²) in [4.78, 5) is 24.5. The van der Waals surface area contributed by atoms with E-state index in [0.717, 1.165) is 24.3 Å². The second kappa shape index (κ2) is 9.12. The standard InChI is InChI=1S/C24H28FN7O2S/c1-13-10-32(11-14(2)27-13)20-6-5-17(22-18(20)9-26-24(29-22)35(4)34)23(33)28-16-7-15-12-31(3)30-21(15)19(25)8-16/h5-6,8-9,12-14,16,27H,7,10-11H2,1-4H3,(H,28,33)/t13-,14+,16?,35?. The van der Waals surface area contributed by atoms with Crippen molar-refractivity contribution in [2.24, 2.45) is 7.05 Å². The Kier molecular flexibility index (Phi) is 6.14. The molecule has 2 aromatic heterocycles. The molecule has 3 heterocycles. The summed E-state index contributed by atoms with van der Waals surface area (Å²) in [6, 6.07) is 3.71. The number of anilines is 1. The van der Waals surface area contributed by atoms with Crippen LogP contribution in [-0.4, -0.2) is 67.3 Å². The van der Waals surface area contributed by atoms with Crippen LogP contribution >= 0.6 is 0 Å². The molecule has 5 rings (SSSR count). The number of nitrogens with zero attached hydrogens (tertiary/aromatic N) is 5. The number of hydrogen-bond acceptors (Lipinski definition) is 7. The van der Waals surface area contributed by atoms with E-state index in [4.69, 9.17) is 0 Å². The van der Waals surface area contributed by atoms with Crippen molar-refractivity contribution in [3.05, 3.63) is 47.4 Å². The summed E-state index contributed by atoms with van der Waals surface area (Å²) in [5.41, 5.74) is 2.75. The molecule has 0 radical (unpaired) electrons. The zero-order valence-corrected chi connectivity index (χ0v) is 20.9. The Morgan fingerprint density at radius 3 is 2.71 bits per heavy atom. The lowest BCUT2D eigenvalue weighted by Crippen LogP contribution is -2.54. The molecule has 0 spiro atoms. The van der Waals surface area contributed by atoms with Gasteiger partial charge in [-0.25, -0.2) is 14.4 Å². The molecule has 11 heteroatoms. The molecule has 0 saturated carbocycles. The van der Waals surface area contributed by atoms with Gasteiger partial charge in [0.1, 0.15) is 11.5 Å². The van der Waals surface area contributed by atoms with E-state index in [-0.39, 0.29) is 11.1 Å². The number of carbonyl (C=O) groups excluding carboxylic acids is 1. The summed E-state index contributed by atoms with van der Waals surface area (Å²) in [7, 11) is 0.329. The summed E-state index contributed by atoms with van der Waals surface area (Å²) in [5, 5.41) is 11.5. The van der Waals surface area contributed by atoms with Crippen molar-refractivity contribution in [2.75, 3.05) is 24.2 Å². The first kappa shape index (κ1) is 23.6. The third-order valence-corrected chi connectivity index (χ3v) is 7.05.